The van der Waals surface area contributed by atoms with Crippen LogP contribution in [0.25, 0.3) is 0 Å². The number of aliphatic hydroxyl groups is 1. The lowest BCUT2D eigenvalue weighted by molar-refractivity contribution is -0.122. The summed E-state index contributed by atoms with van der Waals surface area (Å²) in [5.41, 5.74) is 0. The number of hydrogen-bond donors (Lipinski definition) is 3. The van der Waals surface area contributed by atoms with Crippen molar-refractivity contribution in [2.75, 3.05) is 13.2 Å². The quantitative estimate of drug-likeness (QED) is 0.615. The van der Waals surface area contributed by atoms with Crippen molar-refractivity contribution in [1.29, 1.82) is 0 Å². The molecular weight excluding hydrogens is 192 g/mol. The van der Waals surface area contributed by atoms with Gasteiger partial charge in [-0.1, -0.05) is 6.42 Å². The maximum atomic E-state index is 11.5. The van der Waals surface area contributed by atoms with E-state index in [1.165, 1.54) is 0 Å². The van der Waals surface area contributed by atoms with Gasteiger partial charge in [0.05, 0.1) is 6.04 Å². The Morgan fingerprint density at radius 1 is 1.53 bits per heavy atom. The topological polar surface area (TPSA) is 61.4 Å². The van der Waals surface area contributed by atoms with E-state index in [1.807, 2.05) is 13.8 Å². The summed E-state index contributed by atoms with van der Waals surface area (Å²) in [4.78, 5) is 11.5. The smallest absolute Gasteiger partial charge is 0.236 e. The number of carbonyl (C=O) groups excluding carboxylic acids is 1. The second-order valence-corrected chi connectivity index (χ2v) is 4.26. The molecule has 15 heavy (non-hydrogen) atoms. The van der Waals surface area contributed by atoms with Crippen LogP contribution in [0.3, 0.4) is 0 Å². The zero-order valence-electron chi connectivity index (χ0n) is 9.62. The third-order valence-corrected chi connectivity index (χ3v) is 3.10. The monoisotopic (exact) mass is 214 g/mol. The summed E-state index contributed by atoms with van der Waals surface area (Å²) in [5.74, 6) is 0.364. The molecule has 3 unspecified atom stereocenters. The van der Waals surface area contributed by atoms with E-state index in [9.17, 15) is 4.79 Å². The zero-order valence-corrected chi connectivity index (χ0v) is 9.62. The lowest BCUT2D eigenvalue weighted by Crippen LogP contribution is -2.48. The van der Waals surface area contributed by atoms with E-state index in [0.29, 0.717) is 18.5 Å². The highest BCUT2D eigenvalue weighted by molar-refractivity contribution is 5.81. The minimum absolute atomic E-state index is 0.0427. The molecule has 0 aromatic carbocycles. The molecule has 3 N–H and O–H groups in total. The molecule has 0 spiro atoms. The van der Waals surface area contributed by atoms with Gasteiger partial charge in [0.25, 0.3) is 0 Å². The van der Waals surface area contributed by atoms with E-state index in [2.05, 4.69) is 10.6 Å². The number of aliphatic hydroxyl groups excluding tert-OH is 1. The van der Waals surface area contributed by atoms with Gasteiger partial charge in [-0.3, -0.25) is 4.79 Å². The molecule has 4 heteroatoms. The highest BCUT2D eigenvalue weighted by Gasteiger charge is 2.28. The molecular formula is C11H22N2O2. The highest BCUT2D eigenvalue weighted by Crippen LogP contribution is 2.25. The van der Waals surface area contributed by atoms with Gasteiger partial charge in [-0.25, -0.2) is 0 Å². The molecule has 0 heterocycles. The largest absolute Gasteiger partial charge is 0.396 e. The van der Waals surface area contributed by atoms with Crippen LogP contribution in [0.4, 0.5) is 0 Å². The SMILES string of the molecule is CCNC(=O)C(C)NC1CCCC1CO. The van der Waals surface area contributed by atoms with Gasteiger partial charge in [0.15, 0.2) is 0 Å². The first kappa shape index (κ1) is 12.5. The summed E-state index contributed by atoms with van der Waals surface area (Å²) in [6, 6.07) is 0.134. The molecule has 0 saturated heterocycles. The van der Waals surface area contributed by atoms with Gasteiger partial charge >= 0.3 is 0 Å². The number of amides is 1. The molecule has 1 fully saturated rings. The van der Waals surface area contributed by atoms with Crippen molar-refractivity contribution in [2.45, 2.75) is 45.2 Å². The molecule has 3 atom stereocenters. The zero-order chi connectivity index (χ0) is 11.3. The average molecular weight is 214 g/mol. The first-order valence-electron chi connectivity index (χ1n) is 5.83. The standard InChI is InChI=1S/C11H22N2O2/c1-3-12-11(15)8(2)13-10-6-4-5-9(10)7-14/h8-10,13-14H,3-7H2,1-2H3,(H,12,15). The van der Waals surface area contributed by atoms with Crippen LogP contribution in [0, 0.1) is 5.92 Å². The number of hydrogen-bond acceptors (Lipinski definition) is 3. The van der Waals surface area contributed by atoms with Crippen molar-refractivity contribution in [3.63, 3.8) is 0 Å². The lowest BCUT2D eigenvalue weighted by Gasteiger charge is -2.23. The van der Waals surface area contributed by atoms with E-state index in [-0.39, 0.29) is 18.6 Å². The summed E-state index contributed by atoms with van der Waals surface area (Å²) in [5, 5.41) is 15.2. The van der Waals surface area contributed by atoms with Gasteiger partial charge in [-0.15, -0.1) is 0 Å². The highest BCUT2D eigenvalue weighted by atomic mass is 16.3. The van der Waals surface area contributed by atoms with E-state index < -0.39 is 0 Å². The summed E-state index contributed by atoms with van der Waals surface area (Å²) in [6.45, 7) is 4.67. The Kier molecular flexibility index (Phi) is 5.05. The molecule has 0 aromatic rings. The predicted octanol–water partition coefficient (Wildman–Crippen LogP) is 0.262. The molecule has 1 aliphatic rings. The molecule has 88 valence electrons. The molecule has 1 amide bonds. The lowest BCUT2D eigenvalue weighted by atomic mass is 10.0. The second-order valence-electron chi connectivity index (χ2n) is 4.26. The first-order valence-corrected chi connectivity index (χ1v) is 5.83. The van der Waals surface area contributed by atoms with E-state index in [0.717, 1.165) is 19.3 Å². The molecule has 1 rings (SSSR count). The Morgan fingerprint density at radius 2 is 2.27 bits per heavy atom. The fraction of sp³-hybridized carbons (Fsp3) is 0.909. The van der Waals surface area contributed by atoms with E-state index >= 15 is 0 Å². The van der Waals surface area contributed by atoms with Crippen molar-refractivity contribution in [2.24, 2.45) is 5.92 Å². The number of likely N-dealkylation sites (N-methyl/N-ethyl adjacent to an activating group) is 1. The third kappa shape index (κ3) is 3.47. The van der Waals surface area contributed by atoms with Crippen LogP contribution in [0.15, 0.2) is 0 Å². The van der Waals surface area contributed by atoms with Crippen LogP contribution < -0.4 is 10.6 Å². The van der Waals surface area contributed by atoms with Crippen molar-refractivity contribution in [1.82, 2.24) is 10.6 Å². The minimum Gasteiger partial charge on any atom is -0.396 e. The van der Waals surface area contributed by atoms with Crippen molar-refractivity contribution in [3.05, 3.63) is 0 Å². The fourth-order valence-electron chi connectivity index (χ4n) is 2.20. The minimum atomic E-state index is -0.165. The number of nitrogens with one attached hydrogen (secondary N) is 2. The summed E-state index contributed by atoms with van der Waals surface area (Å²) in [7, 11) is 0. The van der Waals surface area contributed by atoms with Gasteiger partial charge in [0.1, 0.15) is 0 Å². The maximum absolute atomic E-state index is 11.5. The summed E-state index contributed by atoms with van der Waals surface area (Å²) < 4.78 is 0. The molecule has 0 aliphatic heterocycles. The summed E-state index contributed by atoms with van der Waals surface area (Å²) >= 11 is 0. The van der Waals surface area contributed by atoms with Gasteiger partial charge < -0.3 is 15.7 Å². The molecule has 1 aliphatic carbocycles. The average Bonchev–Trinajstić information content (AvgIpc) is 2.65. The Bertz CT molecular complexity index is 209. The Morgan fingerprint density at radius 3 is 2.87 bits per heavy atom. The van der Waals surface area contributed by atoms with Gasteiger partial charge in [-0.2, -0.15) is 0 Å². The van der Waals surface area contributed by atoms with Crippen LogP contribution in [0.2, 0.25) is 0 Å². The third-order valence-electron chi connectivity index (χ3n) is 3.10. The second kappa shape index (κ2) is 6.08. The number of carbonyl (C=O) groups is 1. The predicted molar refractivity (Wildman–Crippen MR) is 59.5 cm³/mol. The van der Waals surface area contributed by atoms with Gasteiger partial charge in [-0.05, 0) is 32.6 Å². The maximum Gasteiger partial charge on any atom is 0.236 e. The van der Waals surface area contributed by atoms with Crippen molar-refractivity contribution in [3.8, 4) is 0 Å². The molecule has 4 nitrogen and oxygen atoms in total. The first-order chi connectivity index (χ1) is 7.19. The molecule has 0 radical (unpaired) electrons. The fourth-order valence-corrected chi connectivity index (χ4v) is 2.20. The molecule has 1 saturated carbocycles. The Balaban J connectivity index is 2.36. The van der Waals surface area contributed by atoms with Crippen LogP contribution in [0.5, 0.6) is 0 Å². The van der Waals surface area contributed by atoms with Crippen LogP contribution >= 0.6 is 0 Å². The van der Waals surface area contributed by atoms with Crippen LogP contribution in [-0.4, -0.2) is 36.2 Å². The summed E-state index contributed by atoms with van der Waals surface area (Å²) in [6.07, 6.45) is 3.27. The van der Waals surface area contributed by atoms with Gasteiger partial charge in [0.2, 0.25) is 5.91 Å². The van der Waals surface area contributed by atoms with Gasteiger partial charge in [0, 0.05) is 19.2 Å². The normalized spacial score (nSPS) is 27.7. The van der Waals surface area contributed by atoms with Crippen molar-refractivity contribution >= 4 is 5.91 Å². The van der Waals surface area contributed by atoms with Crippen molar-refractivity contribution < 1.29 is 9.90 Å². The molecule has 0 aromatic heterocycles. The Labute approximate surface area is 91.4 Å². The van der Waals surface area contributed by atoms with E-state index in [4.69, 9.17) is 5.11 Å². The number of rotatable bonds is 5. The van der Waals surface area contributed by atoms with Crippen LogP contribution in [-0.2, 0) is 4.79 Å². The van der Waals surface area contributed by atoms with Crippen LogP contribution in [0.1, 0.15) is 33.1 Å². The van der Waals surface area contributed by atoms with E-state index in [1.54, 1.807) is 0 Å². The Hall–Kier alpha value is -0.610. The molecule has 0 bridgehead atoms.